The smallest absolute Gasteiger partial charge is 0.219 e. The first-order chi connectivity index (χ1) is 8.56. The molecule has 1 aliphatic rings. The van der Waals surface area contributed by atoms with Gasteiger partial charge in [-0.3, -0.25) is 4.79 Å². The summed E-state index contributed by atoms with van der Waals surface area (Å²) in [5.74, 6) is 1.75. The van der Waals surface area contributed by atoms with Crippen LogP contribution in [0.3, 0.4) is 0 Å². The Kier molecular flexibility index (Phi) is 4.01. The number of hydrogen-bond acceptors (Lipinski definition) is 4. The first kappa shape index (κ1) is 13.1. The van der Waals surface area contributed by atoms with E-state index in [0.29, 0.717) is 6.04 Å². The summed E-state index contributed by atoms with van der Waals surface area (Å²) in [5, 5.41) is 3.51. The van der Waals surface area contributed by atoms with Crippen LogP contribution < -0.4 is 5.32 Å². The summed E-state index contributed by atoms with van der Waals surface area (Å²) in [7, 11) is 0. The van der Waals surface area contributed by atoms with E-state index in [4.69, 9.17) is 4.42 Å². The largest absolute Gasteiger partial charge is 0.444 e. The van der Waals surface area contributed by atoms with Crippen molar-refractivity contribution in [2.45, 2.75) is 45.7 Å². The van der Waals surface area contributed by atoms with E-state index in [1.165, 1.54) is 0 Å². The Morgan fingerprint density at radius 1 is 1.56 bits per heavy atom. The van der Waals surface area contributed by atoms with Gasteiger partial charge in [0.2, 0.25) is 11.8 Å². The van der Waals surface area contributed by atoms with Gasteiger partial charge in [0.1, 0.15) is 5.76 Å². The lowest BCUT2D eigenvalue weighted by Gasteiger charge is -2.32. The van der Waals surface area contributed by atoms with Crippen LogP contribution in [0.5, 0.6) is 0 Å². The van der Waals surface area contributed by atoms with E-state index < -0.39 is 0 Å². The molecule has 2 rings (SSSR count). The molecule has 0 saturated carbocycles. The number of rotatable bonds is 3. The number of nitrogens with zero attached hydrogens (tertiary/aromatic N) is 2. The molecule has 5 heteroatoms. The van der Waals surface area contributed by atoms with Gasteiger partial charge in [0.05, 0.1) is 12.2 Å². The second-order valence-electron chi connectivity index (χ2n) is 4.98. The molecule has 1 saturated heterocycles. The van der Waals surface area contributed by atoms with Crippen molar-refractivity contribution < 1.29 is 9.21 Å². The zero-order chi connectivity index (χ0) is 13.1. The molecule has 0 spiro atoms. The van der Waals surface area contributed by atoms with E-state index in [1.807, 2.05) is 11.8 Å². The third-order valence-electron chi connectivity index (χ3n) is 3.44. The predicted molar refractivity (Wildman–Crippen MR) is 68.1 cm³/mol. The number of oxazole rings is 1. The lowest BCUT2D eigenvalue weighted by molar-refractivity contribution is -0.129. The first-order valence-corrected chi connectivity index (χ1v) is 6.50. The van der Waals surface area contributed by atoms with E-state index >= 15 is 0 Å². The van der Waals surface area contributed by atoms with Gasteiger partial charge in [-0.1, -0.05) is 0 Å². The Hall–Kier alpha value is -1.36. The van der Waals surface area contributed by atoms with Crippen molar-refractivity contribution in [2.75, 3.05) is 13.1 Å². The van der Waals surface area contributed by atoms with Crippen molar-refractivity contribution in [1.29, 1.82) is 0 Å². The van der Waals surface area contributed by atoms with Gasteiger partial charge in [0, 0.05) is 26.1 Å². The highest BCUT2D eigenvalue weighted by Crippen LogP contribution is 2.17. The molecular formula is C13H21N3O2. The third-order valence-corrected chi connectivity index (χ3v) is 3.44. The fourth-order valence-corrected chi connectivity index (χ4v) is 2.36. The molecule has 0 aromatic carbocycles. The standard InChI is InChI=1S/C13H21N3O2/c1-9-8-14-13(18-9)10(2)15-12-4-6-16(7-5-12)11(3)17/h8,10,12,15H,4-7H2,1-3H3. The molecule has 1 aliphatic heterocycles. The normalized spacial score (nSPS) is 18.9. The van der Waals surface area contributed by atoms with E-state index in [9.17, 15) is 4.79 Å². The summed E-state index contributed by atoms with van der Waals surface area (Å²) in [4.78, 5) is 17.4. The average molecular weight is 251 g/mol. The molecule has 1 unspecified atom stereocenters. The molecule has 1 amide bonds. The maximum atomic E-state index is 11.2. The van der Waals surface area contributed by atoms with Crippen LogP contribution in [-0.2, 0) is 4.79 Å². The Labute approximate surface area is 108 Å². The number of carbonyl (C=O) groups is 1. The predicted octanol–water partition coefficient (Wildman–Crippen LogP) is 1.64. The first-order valence-electron chi connectivity index (χ1n) is 6.50. The molecule has 1 aromatic heterocycles. The number of hydrogen-bond donors (Lipinski definition) is 1. The fraction of sp³-hybridized carbons (Fsp3) is 0.692. The van der Waals surface area contributed by atoms with Crippen molar-refractivity contribution in [2.24, 2.45) is 0 Å². The van der Waals surface area contributed by atoms with Crippen molar-refractivity contribution >= 4 is 5.91 Å². The van der Waals surface area contributed by atoms with Gasteiger partial charge in [-0.25, -0.2) is 4.98 Å². The molecule has 1 aromatic rings. The monoisotopic (exact) mass is 251 g/mol. The minimum Gasteiger partial charge on any atom is -0.444 e. The molecular weight excluding hydrogens is 230 g/mol. The average Bonchev–Trinajstić information content (AvgIpc) is 2.76. The van der Waals surface area contributed by atoms with Crippen LogP contribution >= 0.6 is 0 Å². The molecule has 5 nitrogen and oxygen atoms in total. The van der Waals surface area contributed by atoms with Gasteiger partial charge in [-0.05, 0) is 26.7 Å². The number of amides is 1. The van der Waals surface area contributed by atoms with Gasteiger partial charge in [-0.2, -0.15) is 0 Å². The fourth-order valence-electron chi connectivity index (χ4n) is 2.36. The maximum absolute atomic E-state index is 11.2. The number of aromatic nitrogens is 1. The number of aryl methyl sites for hydroxylation is 1. The van der Waals surface area contributed by atoms with Crippen LogP contribution in [-0.4, -0.2) is 34.9 Å². The van der Waals surface area contributed by atoms with Gasteiger partial charge in [0.15, 0.2) is 0 Å². The zero-order valence-corrected chi connectivity index (χ0v) is 11.3. The lowest BCUT2D eigenvalue weighted by Crippen LogP contribution is -2.44. The highest BCUT2D eigenvalue weighted by Gasteiger charge is 2.23. The number of piperidine rings is 1. The van der Waals surface area contributed by atoms with Crippen molar-refractivity contribution in [1.82, 2.24) is 15.2 Å². The van der Waals surface area contributed by atoms with Crippen LogP contribution in [0.4, 0.5) is 0 Å². The van der Waals surface area contributed by atoms with Gasteiger partial charge < -0.3 is 14.6 Å². The number of nitrogens with one attached hydrogen (secondary N) is 1. The summed E-state index contributed by atoms with van der Waals surface area (Å²) in [6.07, 6.45) is 3.72. The topological polar surface area (TPSA) is 58.4 Å². The Bertz CT molecular complexity index is 408. The van der Waals surface area contributed by atoms with Gasteiger partial charge in [-0.15, -0.1) is 0 Å². The minimum atomic E-state index is 0.118. The summed E-state index contributed by atoms with van der Waals surface area (Å²) in [5.41, 5.74) is 0. The van der Waals surface area contributed by atoms with Crippen LogP contribution in [0.25, 0.3) is 0 Å². The molecule has 1 fully saturated rings. The van der Waals surface area contributed by atoms with E-state index in [1.54, 1.807) is 13.1 Å². The second kappa shape index (κ2) is 5.52. The number of likely N-dealkylation sites (tertiary alicyclic amines) is 1. The molecule has 1 N–H and O–H groups in total. The van der Waals surface area contributed by atoms with Gasteiger partial charge in [0.25, 0.3) is 0 Å². The molecule has 100 valence electrons. The van der Waals surface area contributed by atoms with E-state index in [-0.39, 0.29) is 11.9 Å². The van der Waals surface area contributed by atoms with Crippen molar-refractivity contribution in [3.8, 4) is 0 Å². The van der Waals surface area contributed by atoms with Gasteiger partial charge >= 0.3 is 0 Å². The third kappa shape index (κ3) is 3.10. The lowest BCUT2D eigenvalue weighted by atomic mass is 10.0. The molecule has 1 atom stereocenters. The second-order valence-corrected chi connectivity index (χ2v) is 4.98. The summed E-state index contributed by atoms with van der Waals surface area (Å²) >= 11 is 0. The summed E-state index contributed by atoms with van der Waals surface area (Å²) in [6, 6.07) is 0.551. The Balaban J connectivity index is 1.83. The van der Waals surface area contributed by atoms with Crippen LogP contribution in [0.15, 0.2) is 10.6 Å². The van der Waals surface area contributed by atoms with E-state index in [2.05, 4.69) is 17.2 Å². The van der Waals surface area contributed by atoms with Crippen LogP contribution in [0, 0.1) is 6.92 Å². The summed E-state index contributed by atoms with van der Waals surface area (Å²) in [6.45, 7) is 7.26. The highest BCUT2D eigenvalue weighted by molar-refractivity contribution is 5.73. The molecule has 0 radical (unpaired) electrons. The highest BCUT2D eigenvalue weighted by atomic mass is 16.4. The van der Waals surface area contributed by atoms with Crippen molar-refractivity contribution in [3.63, 3.8) is 0 Å². The van der Waals surface area contributed by atoms with Crippen LogP contribution in [0.1, 0.15) is 44.4 Å². The molecule has 2 heterocycles. The summed E-state index contributed by atoms with van der Waals surface area (Å²) < 4.78 is 5.51. The Morgan fingerprint density at radius 2 is 2.22 bits per heavy atom. The van der Waals surface area contributed by atoms with E-state index in [0.717, 1.165) is 37.6 Å². The Morgan fingerprint density at radius 3 is 2.72 bits per heavy atom. The molecule has 0 aliphatic carbocycles. The quantitative estimate of drug-likeness (QED) is 0.887. The molecule has 0 bridgehead atoms. The zero-order valence-electron chi connectivity index (χ0n) is 11.3. The van der Waals surface area contributed by atoms with Crippen molar-refractivity contribution in [3.05, 3.63) is 17.8 Å². The van der Waals surface area contributed by atoms with Crippen LogP contribution in [0.2, 0.25) is 0 Å². The maximum Gasteiger partial charge on any atom is 0.219 e. The minimum absolute atomic E-state index is 0.118. The molecule has 18 heavy (non-hydrogen) atoms. The SMILES string of the molecule is CC(=O)N1CCC(NC(C)c2ncc(C)o2)CC1. The number of carbonyl (C=O) groups excluding carboxylic acids is 1.